The van der Waals surface area contributed by atoms with Crippen molar-refractivity contribution in [3.05, 3.63) is 53.1 Å². The lowest BCUT2D eigenvalue weighted by Gasteiger charge is -2.27. The molecule has 11 nitrogen and oxygen atoms in total. The van der Waals surface area contributed by atoms with Gasteiger partial charge in [0.25, 0.3) is 5.91 Å². The summed E-state index contributed by atoms with van der Waals surface area (Å²) in [6.45, 7) is 2.55. The van der Waals surface area contributed by atoms with E-state index in [1.807, 2.05) is 0 Å². The minimum absolute atomic E-state index is 0.00698. The molecule has 2 aromatic heterocycles. The number of methoxy groups -OCH3 is 1. The summed E-state index contributed by atoms with van der Waals surface area (Å²) in [5.41, 5.74) is 2.14. The molecule has 2 heterocycles. The van der Waals surface area contributed by atoms with Crippen LogP contribution in [0.2, 0.25) is 0 Å². The van der Waals surface area contributed by atoms with E-state index in [2.05, 4.69) is 31.0 Å². The fraction of sp³-hybridized carbons (Fsp3) is 0.417. The van der Waals surface area contributed by atoms with Gasteiger partial charge in [0.15, 0.2) is 11.6 Å². The Morgan fingerprint density at radius 1 is 1.19 bits per heavy atom. The van der Waals surface area contributed by atoms with Gasteiger partial charge in [-0.3, -0.25) is 4.79 Å². The summed E-state index contributed by atoms with van der Waals surface area (Å²) in [4.78, 5) is 29.4. The first-order chi connectivity index (χ1) is 17.3. The minimum atomic E-state index is -0.989. The van der Waals surface area contributed by atoms with Crippen LogP contribution in [-0.2, 0) is 13.1 Å². The second-order valence-corrected chi connectivity index (χ2v) is 8.87. The first-order valence-electron chi connectivity index (χ1n) is 11.7. The van der Waals surface area contributed by atoms with Crippen molar-refractivity contribution in [2.45, 2.75) is 51.7 Å². The summed E-state index contributed by atoms with van der Waals surface area (Å²) < 4.78 is 18.6. The number of tetrazole rings is 1. The van der Waals surface area contributed by atoms with Gasteiger partial charge in [0.2, 0.25) is 5.82 Å². The van der Waals surface area contributed by atoms with Gasteiger partial charge in [-0.1, -0.05) is 6.07 Å². The summed E-state index contributed by atoms with van der Waals surface area (Å²) in [5.74, 6) is -0.0243. The number of aromatic nitrogens is 5. The number of carbonyl (C=O) groups excluding carboxylic acids is 1. The molecule has 1 saturated carbocycles. The normalized spacial score (nSPS) is 17.4. The molecule has 0 spiro atoms. The highest BCUT2D eigenvalue weighted by Crippen LogP contribution is 2.26. The maximum atomic E-state index is 13.6. The number of aryl methyl sites for hydroxylation is 1. The largest absolute Gasteiger partial charge is 0.494 e. The van der Waals surface area contributed by atoms with E-state index < -0.39 is 11.9 Å². The SMILES string of the molecule is COc1cc(CNC(=O)c2cc(-c3nnn(C[C@H]4CC[C@H](NC(=O)O)CC4)n3)cc(C)n2)ccc1F. The smallest absolute Gasteiger partial charge is 0.404 e. The Labute approximate surface area is 207 Å². The van der Waals surface area contributed by atoms with Gasteiger partial charge in [-0.25, -0.2) is 14.2 Å². The Morgan fingerprint density at radius 2 is 1.97 bits per heavy atom. The van der Waals surface area contributed by atoms with E-state index in [9.17, 15) is 14.0 Å². The molecular formula is C24H28FN7O4. The minimum Gasteiger partial charge on any atom is -0.494 e. The van der Waals surface area contributed by atoms with Gasteiger partial charge in [-0.05, 0) is 73.6 Å². The third-order valence-electron chi connectivity index (χ3n) is 6.16. The first kappa shape index (κ1) is 25.0. The lowest BCUT2D eigenvalue weighted by Crippen LogP contribution is -2.37. The van der Waals surface area contributed by atoms with E-state index >= 15 is 0 Å². The zero-order valence-electron chi connectivity index (χ0n) is 20.1. The van der Waals surface area contributed by atoms with Crippen molar-refractivity contribution in [3.8, 4) is 17.1 Å². The third-order valence-corrected chi connectivity index (χ3v) is 6.16. The summed E-state index contributed by atoms with van der Waals surface area (Å²) in [6.07, 6.45) is 2.33. The quantitative estimate of drug-likeness (QED) is 0.431. The number of rotatable bonds is 8. The number of amides is 2. The Hall–Kier alpha value is -4.09. The molecule has 1 aliphatic rings. The molecule has 3 N–H and O–H groups in total. The highest BCUT2D eigenvalue weighted by atomic mass is 19.1. The zero-order valence-corrected chi connectivity index (χ0v) is 20.1. The summed E-state index contributed by atoms with van der Waals surface area (Å²) in [5, 5.41) is 27.0. The fourth-order valence-electron chi connectivity index (χ4n) is 4.33. The number of pyridine rings is 1. The van der Waals surface area contributed by atoms with Crippen molar-refractivity contribution in [3.63, 3.8) is 0 Å². The molecule has 190 valence electrons. The fourth-order valence-corrected chi connectivity index (χ4v) is 4.33. The van der Waals surface area contributed by atoms with Crippen LogP contribution in [0.25, 0.3) is 11.4 Å². The van der Waals surface area contributed by atoms with E-state index in [0.717, 1.165) is 25.7 Å². The first-order valence-corrected chi connectivity index (χ1v) is 11.7. The molecule has 1 aromatic carbocycles. The molecule has 3 aromatic rings. The zero-order chi connectivity index (χ0) is 25.7. The van der Waals surface area contributed by atoms with Crippen molar-refractivity contribution in [1.29, 1.82) is 0 Å². The number of hydrogen-bond acceptors (Lipinski definition) is 7. The van der Waals surface area contributed by atoms with Crippen LogP contribution in [0.1, 0.15) is 47.4 Å². The molecule has 12 heteroatoms. The van der Waals surface area contributed by atoms with Crippen LogP contribution in [0.3, 0.4) is 0 Å². The summed E-state index contributed by atoms with van der Waals surface area (Å²) in [7, 11) is 1.38. The van der Waals surface area contributed by atoms with Crippen molar-refractivity contribution in [2.75, 3.05) is 7.11 Å². The molecule has 0 bridgehead atoms. The van der Waals surface area contributed by atoms with Gasteiger partial charge in [0.05, 0.1) is 13.7 Å². The van der Waals surface area contributed by atoms with Gasteiger partial charge in [0, 0.05) is 23.8 Å². The second-order valence-electron chi connectivity index (χ2n) is 8.87. The lowest BCUT2D eigenvalue weighted by molar-refractivity contribution is 0.0945. The van der Waals surface area contributed by atoms with Crippen LogP contribution < -0.4 is 15.4 Å². The summed E-state index contributed by atoms with van der Waals surface area (Å²) >= 11 is 0. The standard InChI is InChI=1S/C24H28FN7O4/c1-14-9-17(11-20(27-14)23(33)26-12-16-5-8-19(25)21(10-16)36-2)22-29-31-32(30-22)13-15-3-6-18(7-4-15)28-24(34)35/h5,8-11,15,18,28H,3-4,6-7,12-13H2,1-2H3,(H,26,33)(H,34,35)/t15-,18-. The Bertz CT molecular complexity index is 1240. The molecule has 0 radical (unpaired) electrons. The highest BCUT2D eigenvalue weighted by Gasteiger charge is 2.23. The average Bonchev–Trinajstić information content (AvgIpc) is 3.32. The van der Waals surface area contributed by atoms with Crippen LogP contribution in [-0.4, -0.2) is 55.4 Å². The van der Waals surface area contributed by atoms with Crippen LogP contribution in [0.5, 0.6) is 5.75 Å². The molecule has 0 saturated heterocycles. The van der Waals surface area contributed by atoms with Crippen LogP contribution in [0.4, 0.5) is 9.18 Å². The van der Waals surface area contributed by atoms with E-state index in [-0.39, 0.29) is 29.9 Å². The Kier molecular flexibility index (Phi) is 7.71. The maximum Gasteiger partial charge on any atom is 0.404 e. The summed E-state index contributed by atoms with van der Waals surface area (Å²) in [6, 6.07) is 7.78. The predicted octanol–water partition coefficient (Wildman–Crippen LogP) is 2.95. The molecule has 2 amide bonds. The number of hydrogen-bond donors (Lipinski definition) is 3. The Morgan fingerprint density at radius 3 is 2.69 bits per heavy atom. The molecule has 0 aliphatic heterocycles. The predicted molar refractivity (Wildman–Crippen MR) is 127 cm³/mol. The van der Waals surface area contributed by atoms with Crippen LogP contribution >= 0.6 is 0 Å². The van der Waals surface area contributed by atoms with Gasteiger partial charge in [-0.15, -0.1) is 10.2 Å². The number of ether oxygens (including phenoxy) is 1. The third kappa shape index (κ3) is 6.32. The highest BCUT2D eigenvalue weighted by molar-refractivity contribution is 5.93. The lowest BCUT2D eigenvalue weighted by atomic mass is 9.86. The van der Waals surface area contributed by atoms with Gasteiger partial charge >= 0.3 is 6.09 Å². The number of carbonyl (C=O) groups is 2. The van der Waals surface area contributed by atoms with Crippen molar-refractivity contribution >= 4 is 12.0 Å². The van der Waals surface area contributed by atoms with Crippen molar-refractivity contribution < 1.29 is 23.8 Å². The molecule has 1 fully saturated rings. The molecular weight excluding hydrogens is 469 g/mol. The number of halogens is 1. The topological polar surface area (TPSA) is 144 Å². The van der Waals surface area contributed by atoms with Gasteiger partial charge in [-0.2, -0.15) is 4.80 Å². The molecule has 0 unspecified atom stereocenters. The number of carboxylic acid groups (broad SMARTS) is 1. The molecule has 4 rings (SSSR count). The van der Waals surface area contributed by atoms with E-state index in [4.69, 9.17) is 9.84 Å². The van der Waals surface area contributed by atoms with Gasteiger partial charge < -0.3 is 20.5 Å². The van der Waals surface area contributed by atoms with Crippen molar-refractivity contribution in [2.24, 2.45) is 5.92 Å². The monoisotopic (exact) mass is 497 g/mol. The molecule has 0 atom stereocenters. The van der Waals surface area contributed by atoms with Gasteiger partial charge in [0.1, 0.15) is 5.69 Å². The van der Waals surface area contributed by atoms with Crippen molar-refractivity contribution in [1.82, 2.24) is 35.8 Å². The molecule has 1 aliphatic carbocycles. The van der Waals surface area contributed by atoms with E-state index in [0.29, 0.717) is 35.1 Å². The van der Waals surface area contributed by atoms with E-state index in [1.165, 1.54) is 19.2 Å². The number of benzene rings is 1. The van der Waals surface area contributed by atoms with Crippen LogP contribution in [0, 0.1) is 18.7 Å². The van der Waals surface area contributed by atoms with Crippen LogP contribution in [0.15, 0.2) is 30.3 Å². The Balaban J connectivity index is 1.38. The second kappa shape index (κ2) is 11.1. The maximum absolute atomic E-state index is 13.6. The number of nitrogens with zero attached hydrogens (tertiary/aromatic N) is 5. The molecule has 36 heavy (non-hydrogen) atoms. The number of nitrogens with one attached hydrogen (secondary N) is 2. The average molecular weight is 498 g/mol. The van der Waals surface area contributed by atoms with E-state index in [1.54, 1.807) is 29.9 Å².